The number of oxime groups is 1. The van der Waals surface area contributed by atoms with E-state index in [0.717, 1.165) is 13.7 Å². The van der Waals surface area contributed by atoms with Crippen LogP contribution in [0.25, 0.3) is 0 Å². The van der Waals surface area contributed by atoms with Crippen molar-refractivity contribution in [1.29, 1.82) is 0 Å². The van der Waals surface area contributed by atoms with E-state index in [0.29, 0.717) is 5.56 Å². The normalized spacial score (nSPS) is 11.7. The third kappa shape index (κ3) is 2.96. The quantitative estimate of drug-likeness (QED) is 0.391. The Morgan fingerprint density at radius 1 is 1.53 bits per heavy atom. The average molecular weight is 331 g/mol. The molecule has 0 saturated heterocycles. The molecule has 2 rings (SSSR count). The average Bonchev–Trinajstić information content (AvgIpc) is 2.83. The van der Waals surface area contributed by atoms with Gasteiger partial charge in [0.25, 0.3) is 0 Å². The molecular formula is C9H7BrN4OS2. The molecule has 88 valence electrons. The molecule has 8 heteroatoms. The lowest BCUT2D eigenvalue weighted by Gasteiger charge is -2.06. The van der Waals surface area contributed by atoms with Gasteiger partial charge in [-0.15, -0.1) is 0 Å². The summed E-state index contributed by atoms with van der Waals surface area (Å²) in [5.41, 5.74) is 6.28. The minimum atomic E-state index is 0.0679. The SMILES string of the molecule is N/C(=N/O)c1cc(Br)ccc1Sc1ncns1. The highest BCUT2D eigenvalue weighted by molar-refractivity contribution is 9.10. The molecule has 3 N–H and O–H groups in total. The number of hydrogen-bond donors (Lipinski definition) is 2. The molecule has 17 heavy (non-hydrogen) atoms. The molecule has 0 radical (unpaired) electrons. The lowest BCUT2D eigenvalue weighted by Crippen LogP contribution is -2.14. The summed E-state index contributed by atoms with van der Waals surface area (Å²) in [6.07, 6.45) is 1.50. The van der Waals surface area contributed by atoms with Gasteiger partial charge in [-0.05, 0) is 29.7 Å². The molecule has 0 unspecified atom stereocenters. The standard InChI is InChI=1S/C9H7BrN4OS2/c10-5-1-2-7(6(3-5)8(11)14-15)16-9-12-4-13-17-9/h1-4,15H,(H2,11,14). The summed E-state index contributed by atoms with van der Waals surface area (Å²) in [7, 11) is 0. The lowest BCUT2D eigenvalue weighted by molar-refractivity contribution is 0.318. The van der Waals surface area contributed by atoms with Crippen LogP contribution in [0, 0.1) is 0 Å². The minimum Gasteiger partial charge on any atom is -0.409 e. The summed E-state index contributed by atoms with van der Waals surface area (Å²) in [5, 5.41) is 11.8. The van der Waals surface area contributed by atoms with Gasteiger partial charge in [0.05, 0.1) is 0 Å². The van der Waals surface area contributed by atoms with E-state index < -0.39 is 0 Å². The first kappa shape index (κ1) is 12.3. The van der Waals surface area contributed by atoms with Crippen LogP contribution in [0.5, 0.6) is 0 Å². The number of amidine groups is 1. The number of hydrogen-bond acceptors (Lipinski definition) is 6. The largest absolute Gasteiger partial charge is 0.409 e. The molecule has 0 atom stereocenters. The Morgan fingerprint density at radius 2 is 2.35 bits per heavy atom. The molecule has 0 aliphatic carbocycles. The second kappa shape index (κ2) is 5.48. The topological polar surface area (TPSA) is 84.4 Å². The maximum atomic E-state index is 8.74. The second-order valence-electron chi connectivity index (χ2n) is 2.93. The van der Waals surface area contributed by atoms with Gasteiger partial charge in [-0.3, -0.25) is 0 Å². The van der Waals surface area contributed by atoms with Crippen LogP contribution in [0.15, 0.2) is 43.4 Å². The molecule has 0 bridgehead atoms. The fraction of sp³-hybridized carbons (Fsp3) is 0. The third-order valence-corrected chi connectivity index (χ3v) is 4.15. The summed E-state index contributed by atoms with van der Waals surface area (Å²) in [6.45, 7) is 0. The fourth-order valence-corrected chi connectivity index (χ4v) is 3.03. The zero-order valence-corrected chi connectivity index (χ0v) is 11.6. The summed E-state index contributed by atoms with van der Waals surface area (Å²) in [4.78, 5) is 4.94. The predicted molar refractivity (Wildman–Crippen MR) is 70.7 cm³/mol. The van der Waals surface area contributed by atoms with E-state index in [2.05, 4.69) is 30.4 Å². The minimum absolute atomic E-state index is 0.0679. The number of benzene rings is 1. The Hall–Kier alpha value is -1.12. The van der Waals surface area contributed by atoms with Crippen LogP contribution in [0.3, 0.4) is 0 Å². The molecule has 5 nitrogen and oxygen atoms in total. The first-order valence-electron chi connectivity index (χ1n) is 4.42. The van der Waals surface area contributed by atoms with Gasteiger partial charge in [-0.25, -0.2) is 4.98 Å². The van der Waals surface area contributed by atoms with Gasteiger partial charge in [0.15, 0.2) is 10.2 Å². The molecule has 0 aliphatic rings. The Balaban J connectivity index is 2.39. The highest BCUT2D eigenvalue weighted by atomic mass is 79.9. The highest BCUT2D eigenvalue weighted by Gasteiger charge is 2.10. The van der Waals surface area contributed by atoms with Gasteiger partial charge < -0.3 is 10.9 Å². The molecule has 0 aliphatic heterocycles. The van der Waals surface area contributed by atoms with Crippen molar-refractivity contribution in [3.63, 3.8) is 0 Å². The monoisotopic (exact) mass is 330 g/mol. The number of rotatable bonds is 3. The maximum Gasteiger partial charge on any atom is 0.174 e. The molecule has 2 aromatic rings. The summed E-state index contributed by atoms with van der Waals surface area (Å²) in [6, 6.07) is 5.56. The summed E-state index contributed by atoms with van der Waals surface area (Å²) in [5.74, 6) is 0.0679. The predicted octanol–water partition coefficient (Wildman–Crippen LogP) is 2.55. The summed E-state index contributed by atoms with van der Waals surface area (Å²) >= 11 is 6.07. The van der Waals surface area contributed by atoms with Gasteiger partial charge in [-0.2, -0.15) is 4.37 Å². The number of nitrogens with two attached hydrogens (primary N) is 1. The highest BCUT2D eigenvalue weighted by Crippen LogP contribution is 2.32. The van der Waals surface area contributed by atoms with E-state index in [-0.39, 0.29) is 5.84 Å². The lowest BCUT2D eigenvalue weighted by atomic mass is 10.2. The first-order chi connectivity index (χ1) is 8.20. The molecule has 0 saturated carbocycles. The second-order valence-corrected chi connectivity index (χ2v) is 5.92. The van der Waals surface area contributed by atoms with Crippen LogP contribution in [-0.4, -0.2) is 20.4 Å². The molecular weight excluding hydrogens is 324 g/mol. The maximum absolute atomic E-state index is 8.74. The fourth-order valence-electron chi connectivity index (χ4n) is 1.15. The number of halogens is 1. The Morgan fingerprint density at radius 3 is 3.00 bits per heavy atom. The van der Waals surface area contributed by atoms with Crippen molar-refractivity contribution in [1.82, 2.24) is 9.36 Å². The van der Waals surface area contributed by atoms with Crippen LogP contribution < -0.4 is 5.73 Å². The Labute approximate surface area is 114 Å². The molecule has 0 fully saturated rings. The zero-order chi connectivity index (χ0) is 12.3. The Kier molecular flexibility index (Phi) is 3.97. The molecule has 1 aromatic carbocycles. The van der Waals surface area contributed by atoms with Crippen LogP contribution >= 0.6 is 39.2 Å². The van der Waals surface area contributed by atoms with Crippen molar-refractivity contribution in [2.75, 3.05) is 0 Å². The summed E-state index contributed by atoms with van der Waals surface area (Å²) < 4.78 is 5.59. The van der Waals surface area contributed by atoms with E-state index in [1.807, 2.05) is 12.1 Å². The molecule has 0 amide bonds. The van der Waals surface area contributed by atoms with Crippen LogP contribution in [0.2, 0.25) is 0 Å². The van der Waals surface area contributed by atoms with E-state index in [9.17, 15) is 0 Å². The van der Waals surface area contributed by atoms with Crippen LogP contribution in [0.4, 0.5) is 0 Å². The third-order valence-electron chi connectivity index (χ3n) is 1.86. The van der Waals surface area contributed by atoms with Gasteiger partial charge in [0.2, 0.25) is 0 Å². The van der Waals surface area contributed by atoms with Crippen molar-refractivity contribution in [3.05, 3.63) is 34.6 Å². The molecule has 1 heterocycles. The number of aromatic nitrogens is 2. The van der Waals surface area contributed by atoms with Gasteiger partial charge in [-0.1, -0.05) is 32.8 Å². The van der Waals surface area contributed by atoms with Crippen LogP contribution in [-0.2, 0) is 0 Å². The number of nitrogens with zero attached hydrogens (tertiary/aromatic N) is 3. The molecule has 0 spiro atoms. The van der Waals surface area contributed by atoms with Gasteiger partial charge in [0.1, 0.15) is 6.33 Å². The van der Waals surface area contributed by atoms with Gasteiger partial charge in [0, 0.05) is 14.9 Å². The van der Waals surface area contributed by atoms with Crippen LogP contribution in [0.1, 0.15) is 5.56 Å². The zero-order valence-electron chi connectivity index (χ0n) is 8.37. The van der Waals surface area contributed by atoms with Crippen molar-refractivity contribution >= 4 is 45.1 Å². The van der Waals surface area contributed by atoms with Gasteiger partial charge >= 0.3 is 0 Å². The smallest absolute Gasteiger partial charge is 0.174 e. The van der Waals surface area contributed by atoms with Crippen molar-refractivity contribution in [2.45, 2.75) is 9.24 Å². The van der Waals surface area contributed by atoms with E-state index in [1.54, 1.807) is 6.07 Å². The van der Waals surface area contributed by atoms with Crippen molar-refractivity contribution in [3.8, 4) is 0 Å². The van der Waals surface area contributed by atoms with Crippen molar-refractivity contribution in [2.24, 2.45) is 10.9 Å². The van der Waals surface area contributed by atoms with Crippen molar-refractivity contribution < 1.29 is 5.21 Å². The molecule has 1 aromatic heterocycles. The van der Waals surface area contributed by atoms with E-state index in [4.69, 9.17) is 10.9 Å². The Bertz CT molecular complexity index is 544. The first-order valence-corrected chi connectivity index (χ1v) is 6.81. The van der Waals surface area contributed by atoms with E-state index in [1.165, 1.54) is 29.6 Å². The van der Waals surface area contributed by atoms with E-state index >= 15 is 0 Å².